The summed E-state index contributed by atoms with van der Waals surface area (Å²) in [7, 11) is 0. The summed E-state index contributed by atoms with van der Waals surface area (Å²) in [4.78, 5) is 38.6. The first-order valence-electron chi connectivity index (χ1n) is 7.59. The van der Waals surface area contributed by atoms with Crippen molar-refractivity contribution in [3.63, 3.8) is 0 Å². The van der Waals surface area contributed by atoms with Gasteiger partial charge in [-0.1, -0.05) is 13.0 Å². The molecule has 0 spiro atoms. The van der Waals surface area contributed by atoms with Crippen LogP contribution in [0.2, 0.25) is 0 Å². The van der Waals surface area contributed by atoms with Crippen LogP contribution in [0.15, 0.2) is 42.7 Å². The van der Waals surface area contributed by atoms with Crippen LogP contribution in [0.5, 0.6) is 0 Å². The largest absolute Gasteiger partial charge is 0.449 e. The van der Waals surface area contributed by atoms with Crippen LogP contribution < -0.4 is 5.32 Å². The minimum Gasteiger partial charge on any atom is -0.449 e. The van der Waals surface area contributed by atoms with Crippen molar-refractivity contribution in [2.24, 2.45) is 0 Å². The number of rotatable bonds is 6. The minimum absolute atomic E-state index is 0.138. The standard InChI is InChI=1S/C17H17N3O5/c1-3-15(25-17(22)12-5-4-8-18-10-12)16(21)19-14-9-13(20(23)24)7-6-11(14)2/h4-10,15H,3H2,1-2H3,(H,19,21). The van der Waals surface area contributed by atoms with E-state index in [1.54, 1.807) is 19.9 Å². The second kappa shape index (κ2) is 8.00. The van der Waals surface area contributed by atoms with E-state index in [9.17, 15) is 19.7 Å². The minimum atomic E-state index is -1.02. The Morgan fingerprint density at radius 3 is 2.72 bits per heavy atom. The molecule has 1 aromatic carbocycles. The van der Waals surface area contributed by atoms with Crippen molar-refractivity contribution in [2.75, 3.05) is 5.32 Å². The number of pyridine rings is 1. The van der Waals surface area contributed by atoms with Crippen molar-refractivity contribution in [3.8, 4) is 0 Å². The van der Waals surface area contributed by atoms with Crippen molar-refractivity contribution in [3.05, 3.63) is 64.0 Å². The lowest BCUT2D eigenvalue weighted by molar-refractivity contribution is -0.384. The van der Waals surface area contributed by atoms with Gasteiger partial charge in [0.15, 0.2) is 6.10 Å². The molecular formula is C17H17N3O5. The number of anilines is 1. The van der Waals surface area contributed by atoms with Gasteiger partial charge >= 0.3 is 5.97 Å². The van der Waals surface area contributed by atoms with Gasteiger partial charge in [0.1, 0.15) is 0 Å². The summed E-state index contributed by atoms with van der Waals surface area (Å²) in [6.45, 7) is 3.41. The van der Waals surface area contributed by atoms with E-state index >= 15 is 0 Å². The van der Waals surface area contributed by atoms with Gasteiger partial charge in [0, 0.05) is 24.5 Å². The number of carbonyl (C=O) groups excluding carboxylic acids is 2. The number of amides is 1. The predicted octanol–water partition coefficient (Wildman–Crippen LogP) is 2.87. The van der Waals surface area contributed by atoms with Gasteiger partial charge in [0.25, 0.3) is 11.6 Å². The highest BCUT2D eigenvalue weighted by molar-refractivity contribution is 5.98. The third kappa shape index (κ3) is 4.60. The van der Waals surface area contributed by atoms with Gasteiger partial charge in [-0.2, -0.15) is 0 Å². The van der Waals surface area contributed by atoms with E-state index < -0.39 is 22.9 Å². The third-order valence-corrected chi connectivity index (χ3v) is 3.50. The number of nitrogens with one attached hydrogen (secondary N) is 1. The number of nitro benzene ring substituents is 1. The van der Waals surface area contributed by atoms with Gasteiger partial charge in [0.05, 0.1) is 16.2 Å². The monoisotopic (exact) mass is 343 g/mol. The zero-order chi connectivity index (χ0) is 18.4. The average Bonchev–Trinajstić information content (AvgIpc) is 2.61. The summed E-state index contributed by atoms with van der Waals surface area (Å²) in [6, 6.07) is 7.28. The lowest BCUT2D eigenvalue weighted by Crippen LogP contribution is -2.32. The van der Waals surface area contributed by atoms with Crippen LogP contribution >= 0.6 is 0 Å². The molecule has 0 aliphatic rings. The molecule has 2 rings (SSSR count). The number of ether oxygens (including phenoxy) is 1. The molecule has 1 atom stereocenters. The number of aromatic nitrogens is 1. The van der Waals surface area contributed by atoms with E-state index in [-0.39, 0.29) is 17.7 Å². The summed E-state index contributed by atoms with van der Waals surface area (Å²) in [5, 5.41) is 13.4. The number of non-ortho nitro benzene ring substituents is 1. The summed E-state index contributed by atoms with van der Waals surface area (Å²) < 4.78 is 5.21. The second-order valence-electron chi connectivity index (χ2n) is 5.29. The van der Waals surface area contributed by atoms with E-state index in [2.05, 4.69) is 10.3 Å². The number of hydrogen-bond acceptors (Lipinski definition) is 6. The highest BCUT2D eigenvalue weighted by atomic mass is 16.6. The smallest absolute Gasteiger partial charge is 0.340 e. The SMILES string of the molecule is CCC(OC(=O)c1cccnc1)C(=O)Nc1cc([N+](=O)[O-])ccc1C. The molecular weight excluding hydrogens is 326 g/mol. The van der Waals surface area contributed by atoms with Crippen LogP contribution in [0.4, 0.5) is 11.4 Å². The third-order valence-electron chi connectivity index (χ3n) is 3.50. The lowest BCUT2D eigenvalue weighted by Gasteiger charge is -2.16. The Labute approximate surface area is 144 Å². The molecule has 1 aromatic heterocycles. The summed E-state index contributed by atoms with van der Waals surface area (Å²) in [6.07, 6.45) is 2.10. The summed E-state index contributed by atoms with van der Waals surface area (Å²) >= 11 is 0. The molecule has 8 heteroatoms. The number of aryl methyl sites for hydroxylation is 1. The Bertz CT molecular complexity index is 792. The van der Waals surface area contributed by atoms with E-state index in [4.69, 9.17) is 4.74 Å². The fourth-order valence-corrected chi connectivity index (χ4v) is 2.07. The van der Waals surface area contributed by atoms with Crippen LogP contribution in [-0.4, -0.2) is 27.9 Å². The molecule has 0 radical (unpaired) electrons. The predicted molar refractivity (Wildman–Crippen MR) is 90.2 cm³/mol. The average molecular weight is 343 g/mol. The first-order valence-corrected chi connectivity index (χ1v) is 7.59. The topological polar surface area (TPSA) is 111 Å². The molecule has 0 fully saturated rings. The van der Waals surface area contributed by atoms with Gasteiger partial charge in [0.2, 0.25) is 0 Å². The number of nitro groups is 1. The van der Waals surface area contributed by atoms with E-state index in [1.165, 1.54) is 36.7 Å². The van der Waals surface area contributed by atoms with Gasteiger partial charge in [-0.3, -0.25) is 19.9 Å². The van der Waals surface area contributed by atoms with Crippen molar-refractivity contribution < 1.29 is 19.2 Å². The van der Waals surface area contributed by atoms with Crippen LogP contribution in [0.25, 0.3) is 0 Å². The van der Waals surface area contributed by atoms with Gasteiger partial charge in [-0.05, 0) is 31.0 Å². The lowest BCUT2D eigenvalue weighted by atomic mass is 10.1. The summed E-state index contributed by atoms with van der Waals surface area (Å²) in [5.41, 5.74) is 1.06. The molecule has 25 heavy (non-hydrogen) atoms. The van der Waals surface area contributed by atoms with Crippen LogP contribution in [0, 0.1) is 17.0 Å². The highest BCUT2D eigenvalue weighted by Gasteiger charge is 2.23. The van der Waals surface area contributed by atoms with Crippen molar-refractivity contribution >= 4 is 23.3 Å². The molecule has 130 valence electrons. The Kier molecular flexibility index (Phi) is 5.78. The Balaban J connectivity index is 2.11. The molecule has 2 aromatic rings. The molecule has 0 aliphatic carbocycles. The van der Waals surface area contributed by atoms with Crippen LogP contribution in [0.1, 0.15) is 29.3 Å². The van der Waals surface area contributed by atoms with Crippen LogP contribution in [0.3, 0.4) is 0 Å². The summed E-state index contributed by atoms with van der Waals surface area (Å²) in [5.74, 6) is -1.21. The first kappa shape index (κ1) is 18.1. The quantitative estimate of drug-likeness (QED) is 0.490. The van der Waals surface area contributed by atoms with Gasteiger partial charge < -0.3 is 10.1 Å². The van der Waals surface area contributed by atoms with Crippen molar-refractivity contribution in [2.45, 2.75) is 26.4 Å². The number of benzene rings is 1. The normalized spacial score (nSPS) is 11.4. The molecule has 1 heterocycles. The van der Waals surface area contributed by atoms with Gasteiger partial charge in [-0.25, -0.2) is 4.79 Å². The first-order chi connectivity index (χ1) is 11.9. The van der Waals surface area contributed by atoms with Crippen LogP contribution in [-0.2, 0) is 9.53 Å². The van der Waals surface area contributed by atoms with Crippen molar-refractivity contribution in [1.82, 2.24) is 4.98 Å². The van der Waals surface area contributed by atoms with E-state index in [0.29, 0.717) is 11.3 Å². The number of hydrogen-bond donors (Lipinski definition) is 1. The maximum atomic E-state index is 12.4. The molecule has 8 nitrogen and oxygen atoms in total. The van der Waals surface area contributed by atoms with Gasteiger partial charge in [-0.15, -0.1) is 0 Å². The zero-order valence-electron chi connectivity index (χ0n) is 13.8. The molecule has 1 unspecified atom stereocenters. The Morgan fingerprint density at radius 1 is 1.36 bits per heavy atom. The molecule has 1 amide bonds. The zero-order valence-corrected chi connectivity index (χ0v) is 13.8. The van der Waals surface area contributed by atoms with E-state index in [1.807, 2.05) is 0 Å². The Hall–Kier alpha value is -3.29. The molecule has 0 saturated heterocycles. The maximum absolute atomic E-state index is 12.4. The maximum Gasteiger partial charge on any atom is 0.340 e. The molecule has 0 aliphatic heterocycles. The number of nitrogens with zero attached hydrogens (tertiary/aromatic N) is 2. The Morgan fingerprint density at radius 2 is 2.12 bits per heavy atom. The van der Waals surface area contributed by atoms with Crippen molar-refractivity contribution in [1.29, 1.82) is 0 Å². The molecule has 0 bridgehead atoms. The molecule has 1 N–H and O–H groups in total. The fourth-order valence-electron chi connectivity index (χ4n) is 2.07. The molecule has 0 saturated carbocycles. The highest BCUT2D eigenvalue weighted by Crippen LogP contribution is 2.22. The van der Waals surface area contributed by atoms with E-state index in [0.717, 1.165) is 0 Å². The number of esters is 1. The fraction of sp³-hybridized carbons (Fsp3) is 0.235. The number of carbonyl (C=O) groups is 2. The second-order valence-corrected chi connectivity index (χ2v) is 5.29.